The van der Waals surface area contributed by atoms with Crippen LogP contribution in [0, 0.1) is 0 Å². The number of anilines is 1. The van der Waals surface area contributed by atoms with Crippen LogP contribution in [-0.2, 0) is 11.3 Å². The molecule has 0 saturated heterocycles. The smallest absolute Gasteiger partial charge is 0.274 e. The number of methoxy groups -OCH3 is 1. The van der Waals surface area contributed by atoms with E-state index in [4.69, 9.17) is 14.7 Å². The Bertz CT molecular complexity index is 1060. The van der Waals surface area contributed by atoms with E-state index in [1.165, 1.54) is 0 Å². The average molecular weight is 434 g/mol. The fourth-order valence-corrected chi connectivity index (χ4v) is 3.17. The highest BCUT2D eigenvalue weighted by molar-refractivity contribution is 6.04. The molecule has 0 spiro atoms. The summed E-state index contributed by atoms with van der Waals surface area (Å²) in [4.78, 5) is 24.3. The van der Waals surface area contributed by atoms with Gasteiger partial charge in [-0.15, -0.1) is 0 Å². The number of nitrogens with one attached hydrogen (secondary N) is 2. The zero-order valence-electron chi connectivity index (χ0n) is 18.1. The summed E-state index contributed by atoms with van der Waals surface area (Å²) in [6.07, 6.45) is 0.912. The average Bonchev–Trinajstić information content (AvgIpc) is 2.83. The van der Waals surface area contributed by atoms with Crippen LogP contribution in [-0.4, -0.2) is 30.7 Å². The van der Waals surface area contributed by atoms with E-state index < -0.39 is 5.91 Å². The van der Waals surface area contributed by atoms with Crippen LogP contribution in [0.2, 0.25) is 0 Å². The Hall–Kier alpha value is -3.68. The van der Waals surface area contributed by atoms with Gasteiger partial charge in [0.15, 0.2) is 0 Å². The molecule has 3 aromatic carbocycles. The van der Waals surface area contributed by atoms with Crippen LogP contribution in [0.3, 0.4) is 0 Å². The standard InChI is InChI=1S/C25H26N2O5/c1-3-12-32-16-17-13-21(18-4-6-20(7-5-18)25(29)27-30)15-22(14-17)26-24(28)19-8-10-23(31-2)11-9-19/h4-11,13-15,30H,3,12,16H2,1-2H3,(H,26,28)(H,27,29). The molecule has 3 aromatic rings. The molecule has 166 valence electrons. The van der Waals surface area contributed by atoms with E-state index in [1.807, 2.05) is 25.1 Å². The molecule has 3 N–H and O–H groups in total. The highest BCUT2D eigenvalue weighted by Gasteiger charge is 2.11. The van der Waals surface area contributed by atoms with Gasteiger partial charge in [-0.1, -0.05) is 19.1 Å². The van der Waals surface area contributed by atoms with Crippen molar-refractivity contribution in [3.8, 4) is 16.9 Å². The first-order valence-corrected chi connectivity index (χ1v) is 10.3. The van der Waals surface area contributed by atoms with Gasteiger partial charge in [-0.05, 0) is 77.7 Å². The lowest BCUT2D eigenvalue weighted by atomic mass is 10.0. The summed E-state index contributed by atoms with van der Waals surface area (Å²) < 4.78 is 10.8. The first-order chi connectivity index (χ1) is 15.5. The third-order valence-corrected chi connectivity index (χ3v) is 4.80. The van der Waals surface area contributed by atoms with E-state index in [0.29, 0.717) is 35.8 Å². The second-order valence-corrected chi connectivity index (χ2v) is 7.17. The monoisotopic (exact) mass is 434 g/mol. The molecule has 0 radical (unpaired) electrons. The molecule has 0 atom stereocenters. The predicted octanol–water partition coefficient (Wildman–Crippen LogP) is 4.66. The lowest BCUT2D eigenvalue weighted by Gasteiger charge is -2.12. The molecule has 0 aliphatic heterocycles. The highest BCUT2D eigenvalue weighted by Crippen LogP contribution is 2.26. The van der Waals surface area contributed by atoms with E-state index in [-0.39, 0.29) is 5.91 Å². The Labute approximate surface area is 186 Å². The predicted molar refractivity (Wildman–Crippen MR) is 122 cm³/mol. The molecule has 7 nitrogen and oxygen atoms in total. The van der Waals surface area contributed by atoms with Gasteiger partial charge in [0.05, 0.1) is 13.7 Å². The van der Waals surface area contributed by atoms with Gasteiger partial charge in [0.25, 0.3) is 11.8 Å². The molecule has 3 rings (SSSR count). The van der Waals surface area contributed by atoms with Gasteiger partial charge in [-0.3, -0.25) is 14.8 Å². The van der Waals surface area contributed by atoms with Gasteiger partial charge in [-0.2, -0.15) is 0 Å². The minimum atomic E-state index is -0.578. The fraction of sp³-hybridized carbons (Fsp3) is 0.200. The number of carbonyl (C=O) groups is 2. The number of benzene rings is 3. The highest BCUT2D eigenvalue weighted by atomic mass is 16.5. The molecule has 0 fully saturated rings. The summed E-state index contributed by atoms with van der Waals surface area (Å²) in [6.45, 7) is 3.10. The van der Waals surface area contributed by atoms with Crippen molar-refractivity contribution in [1.82, 2.24) is 5.48 Å². The molecule has 0 unspecified atom stereocenters. The van der Waals surface area contributed by atoms with Crippen LogP contribution in [0.4, 0.5) is 5.69 Å². The number of carbonyl (C=O) groups excluding carboxylic acids is 2. The van der Waals surface area contributed by atoms with E-state index in [1.54, 1.807) is 61.1 Å². The topological polar surface area (TPSA) is 96.9 Å². The molecule has 0 aromatic heterocycles. The molecular formula is C25H26N2O5. The van der Waals surface area contributed by atoms with Crippen molar-refractivity contribution < 1.29 is 24.3 Å². The molecule has 32 heavy (non-hydrogen) atoms. The Kier molecular flexibility index (Phi) is 7.96. The minimum absolute atomic E-state index is 0.236. The Morgan fingerprint density at radius 1 is 0.875 bits per heavy atom. The molecule has 0 aliphatic rings. The number of ether oxygens (including phenoxy) is 2. The number of hydrogen-bond donors (Lipinski definition) is 3. The fourth-order valence-electron chi connectivity index (χ4n) is 3.17. The van der Waals surface area contributed by atoms with Crippen molar-refractivity contribution >= 4 is 17.5 Å². The summed E-state index contributed by atoms with van der Waals surface area (Å²) >= 11 is 0. The summed E-state index contributed by atoms with van der Waals surface area (Å²) in [5.41, 5.74) is 5.75. The van der Waals surface area contributed by atoms with Crippen LogP contribution in [0.1, 0.15) is 39.6 Å². The number of rotatable bonds is 9. The van der Waals surface area contributed by atoms with Crippen LogP contribution in [0.15, 0.2) is 66.7 Å². The molecule has 0 saturated carbocycles. The van der Waals surface area contributed by atoms with Gasteiger partial charge < -0.3 is 14.8 Å². The largest absolute Gasteiger partial charge is 0.497 e. The van der Waals surface area contributed by atoms with Gasteiger partial charge in [0, 0.05) is 23.4 Å². The molecule has 0 bridgehead atoms. The van der Waals surface area contributed by atoms with Crippen LogP contribution < -0.4 is 15.5 Å². The lowest BCUT2D eigenvalue weighted by Crippen LogP contribution is -2.18. The van der Waals surface area contributed by atoms with Crippen LogP contribution >= 0.6 is 0 Å². The molecule has 2 amide bonds. The third-order valence-electron chi connectivity index (χ3n) is 4.80. The minimum Gasteiger partial charge on any atom is -0.497 e. The van der Waals surface area contributed by atoms with Gasteiger partial charge >= 0.3 is 0 Å². The van der Waals surface area contributed by atoms with Gasteiger partial charge in [0.1, 0.15) is 5.75 Å². The third kappa shape index (κ3) is 5.94. The summed E-state index contributed by atoms with van der Waals surface area (Å²) in [7, 11) is 1.57. The molecule has 0 heterocycles. The second kappa shape index (κ2) is 11.1. The number of hydrogen-bond acceptors (Lipinski definition) is 5. The van der Waals surface area contributed by atoms with Crippen molar-refractivity contribution in [3.63, 3.8) is 0 Å². The Morgan fingerprint density at radius 3 is 2.16 bits per heavy atom. The summed E-state index contributed by atoms with van der Waals surface area (Å²) in [5, 5.41) is 11.7. The maximum Gasteiger partial charge on any atom is 0.274 e. The molecule has 0 aliphatic carbocycles. The van der Waals surface area contributed by atoms with Crippen molar-refractivity contribution in [3.05, 3.63) is 83.4 Å². The normalized spacial score (nSPS) is 10.5. The van der Waals surface area contributed by atoms with Crippen molar-refractivity contribution in [2.75, 3.05) is 19.0 Å². The van der Waals surface area contributed by atoms with E-state index in [9.17, 15) is 9.59 Å². The van der Waals surface area contributed by atoms with E-state index in [2.05, 4.69) is 5.32 Å². The zero-order chi connectivity index (χ0) is 22.9. The van der Waals surface area contributed by atoms with Crippen LogP contribution in [0.25, 0.3) is 11.1 Å². The maximum absolute atomic E-state index is 12.7. The first-order valence-electron chi connectivity index (χ1n) is 10.3. The number of amides is 2. The number of hydroxylamine groups is 1. The van der Waals surface area contributed by atoms with Crippen LogP contribution in [0.5, 0.6) is 5.75 Å². The van der Waals surface area contributed by atoms with Crippen molar-refractivity contribution in [2.24, 2.45) is 0 Å². The first kappa shape index (κ1) is 23.0. The van der Waals surface area contributed by atoms with Gasteiger partial charge in [0.2, 0.25) is 0 Å². The summed E-state index contributed by atoms with van der Waals surface area (Å²) in [5.74, 6) is -0.136. The maximum atomic E-state index is 12.7. The second-order valence-electron chi connectivity index (χ2n) is 7.17. The zero-order valence-corrected chi connectivity index (χ0v) is 18.1. The molecular weight excluding hydrogens is 408 g/mol. The van der Waals surface area contributed by atoms with E-state index in [0.717, 1.165) is 23.1 Å². The van der Waals surface area contributed by atoms with E-state index >= 15 is 0 Å². The lowest BCUT2D eigenvalue weighted by molar-refractivity contribution is 0.0706. The summed E-state index contributed by atoms with van der Waals surface area (Å²) in [6, 6.07) is 19.4. The quantitative estimate of drug-likeness (QED) is 0.259. The Balaban J connectivity index is 1.88. The van der Waals surface area contributed by atoms with Gasteiger partial charge in [-0.25, -0.2) is 5.48 Å². The SMILES string of the molecule is CCCOCc1cc(NC(=O)c2ccc(OC)cc2)cc(-c2ccc(C(=O)NO)cc2)c1. The molecule has 7 heteroatoms. The Morgan fingerprint density at radius 2 is 1.53 bits per heavy atom. The van der Waals surface area contributed by atoms with Crippen molar-refractivity contribution in [2.45, 2.75) is 20.0 Å². The van der Waals surface area contributed by atoms with Crippen molar-refractivity contribution in [1.29, 1.82) is 0 Å².